The number of carbonyl (C=O) groups excluding carboxylic acids is 1. The third-order valence-electron chi connectivity index (χ3n) is 0.395. The molecule has 0 aromatic rings. The van der Waals surface area contributed by atoms with Crippen LogP contribution in [0.15, 0.2) is 11.8 Å². The minimum Gasteiger partial charge on any atom is -0.514 e. The van der Waals surface area contributed by atoms with Crippen LogP contribution in [0.4, 0.5) is 0 Å². The first kappa shape index (κ1) is 5.70. The Bertz CT molecular complexity index is 131. The molecule has 0 aliphatic rings. The van der Waals surface area contributed by atoms with Crippen LogP contribution in [0.5, 0.6) is 0 Å². The second kappa shape index (κ2) is 2.91. The van der Waals surface area contributed by atoms with Crippen LogP contribution < -0.4 is 0 Å². The topological polar surface area (TPSA) is 61.1 Å². The van der Waals surface area contributed by atoms with E-state index in [4.69, 9.17) is 10.4 Å². The monoisotopic (exact) mass is 97.0 g/mol. The van der Waals surface area contributed by atoms with Crippen molar-refractivity contribution in [3.63, 3.8) is 0 Å². The van der Waals surface area contributed by atoms with Gasteiger partial charge in [-0.05, 0) is 0 Å². The molecule has 0 rings (SSSR count). The molecule has 0 spiro atoms. The number of aliphatic hydroxyl groups is 1. The van der Waals surface area contributed by atoms with Gasteiger partial charge in [0.15, 0.2) is 6.29 Å². The molecule has 0 saturated heterocycles. The molecule has 0 aromatic heterocycles. The first-order chi connectivity index (χ1) is 3.35. The Labute approximate surface area is 40.5 Å². The zero-order chi connectivity index (χ0) is 5.70. The van der Waals surface area contributed by atoms with E-state index in [9.17, 15) is 4.79 Å². The maximum atomic E-state index is 9.52. The summed E-state index contributed by atoms with van der Waals surface area (Å²) in [6.45, 7) is 0. The van der Waals surface area contributed by atoms with E-state index in [0.717, 1.165) is 0 Å². The number of rotatable bonds is 1. The van der Waals surface area contributed by atoms with E-state index in [2.05, 4.69) is 0 Å². The van der Waals surface area contributed by atoms with Gasteiger partial charge in [0.2, 0.25) is 0 Å². The van der Waals surface area contributed by atoms with Gasteiger partial charge in [-0.3, -0.25) is 4.79 Å². The van der Waals surface area contributed by atoms with Gasteiger partial charge in [-0.15, -0.1) is 0 Å². The zero-order valence-electron chi connectivity index (χ0n) is 3.46. The Morgan fingerprint density at radius 3 is 2.43 bits per heavy atom. The van der Waals surface area contributed by atoms with E-state index < -0.39 is 0 Å². The summed E-state index contributed by atoms with van der Waals surface area (Å²) in [4.78, 5) is 9.52. The number of hydrogen-bond donors (Lipinski definition) is 1. The minimum absolute atomic E-state index is 0.264. The molecule has 0 radical (unpaired) electrons. The summed E-state index contributed by atoms with van der Waals surface area (Å²) >= 11 is 0. The highest BCUT2D eigenvalue weighted by Gasteiger charge is 1.84. The van der Waals surface area contributed by atoms with E-state index in [0.29, 0.717) is 6.26 Å². The van der Waals surface area contributed by atoms with Crippen molar-refractivity contribution < 1.29 is 9.90 Å². The van der Waals surface area contributed by atoms with Crippen molar-refractivity contribution in [1.82, 2.24) is 0 Å². The van der Waals surface area contributed by atoms with Crippen LogP contribution in [-0.4, -0.2) is 11.4 Å². The van der Waals surface area contributed by atoms with E-state index >= 15 is 0 Å². The average molecular weight is 97.1 g/mol. The molecule has 0 aromatic carbocycles. The van der Waals surface area contributed by atoms with Gasteiger partial charge in [-0.2, -0.15) is 5.26 Å². The average Bonchev–Trinajstić information content (AvgIpc) is 1.72. The van der Waals surface area contributed by atoms with Crippen LogP contribution in [0.25, 0.3) is 0 Å². The predicted molar refractivity (Wildman–Crippen MR) is 22.4 cm³/mol. The third kappa shape index (κ3) is 1.55. The highest BCUT2D eigenvalue weighted by Crippen LogP contribution is 1.78. The Balaban J connectivity index is 3.94. The highest BCUT2D eigenvalue weighted by atomic mass is 16.2. The van der Waals surface area contributed by atoms with Crippen molar-refractivity contribution in [2.75, 3.05) is 0 Å². The first-order valence-electron chi connectivity index (χ1n) is 1.54. The van der Waals surface area contributed by atoms with E-state index in [-0.39, 0.29) is 11.9 Å². The molecule has 0 bridgehead atoms. The van der Waals surface area contributed by atoms with Crippen molar-refractivity contribution in [2.24, 2.45) is 0 Å². The molecule has 0 aliphatic carbocycles. The number of hydrogen-bond acceptors (Lipinski definition) is 3. The first-order valence-corrected chi connectivity index (χ1v) is 1.54. The summed E-state index contributed by atoms with van der Waals surface area (Å²) in [5, 5.41) is 15.7. The third-order valence-corrected chi connectivity index (χ3v) is 0.395. The van der Waals surface area contributed by atoms with Crippen molar-refractivity contribution in [3.8, 4) is 6.07 Å². The van der Waals surface area contributed by atoms with Crippen molar-refractivity contribution >= 4 is 6.29 Å². The maximum Gasteiger partial charge on any atom is 0.163 e. The SMILES string of the molecule is N#C/C(C=O)=C\O. The summed E-state index contributed by atoms with van der Waals surface area (Å²) in [7, 11) is 0. The Morgan fingerprint density at radius 2 is 2.43 bits per heavy atom. The summed E-state index contributed by atoms with van der Waals surface area (Å²) in [5.74, 6) is 0. The van der Waals surface area contributed by atoms with Crippen LogP contribution in [0.1, 0.15) is 0 Å². The van der Waals surface area contributed by atoms with Gasteiger partial charge < -0.3 is 5.11 Å². The van der Waals surface area contributed by atoms with Crippen molar-refractivity contribution in [2.45, 2.75) is 0 Å². The van der Waals surface area contributed by atoms with Gasteiger partial charge >= 0.3 is 0 Å². The molecule has 3 nitrogen and oxygen atoms in total. The molecule has 0 atom stereocenters. The molecule has 7 heavy (non-hydrogen) atoms. The molecule has 0 fully saturated rings. The fourth-order valence-electron chi connectivity index (χ4n) is 0.0856. The molecule has 0 aliphatic heterocycles. The number of aldehydes is 1. The van der Waals surface area contributed by atoms with Crippen LogP contribution >= 0.6 is 0 Å². The molecule has 0 unspecified atom stereocenters. The molecular formula is C4H3NO2. The Kier molecular flexibility index (Phi) is 2.37. The summed E-state index contributed by atoms with van der Waals surface area (Å²) in [5.41, 5.74) is -0.264. The minimum atomic E-state index is -0.264. The number of aliphatic hydroxyl groups excluding tert-OH is 1. The normalized spacial score (nSPS) is 9.86. The molecule has 0 amide bonds. The zero-order valence-corrected chi connectivity index (χ0v) is 3.46. The number of nitriles is 1. The second-order valence-corrected chi connectivity index (χ2v) is 0.814. The van der Waals surface area contributed by atoms with Gasteiger partial charge in [0.1, 0.15) is 17.9 Å². The van der Waals surface area contributed by atoms with E-state index in [1.165, 1.54) is 6.07 Å². The van der Waals surface area contributed by atoms with Gasteiger partial charge in [0, 0.05) is 0 Å². The lowest BCUT2D eigenvalue weighted by molar-refractivity contribution is -0.104. The highest BCUT2D eigenvalue weighted by molar-refractivity contribution is 5.78. The van der Waals surface area contributed by atoms with Crippen LogP contribution in [0.2, 0.25) is 0 Å². The number of allylic oxidation sites excluding steroid dienone is 1. The second-order valence-electron chi connectivity index (χ2n) is 0.814. The maximum absolute atomic E-state index is 9.52. The van der Waals surface area contributed by atoms with Gasteiger partial charge in [0.25, 0.3) is 0 Å². The lowest BCUT2D eigenvalue weighted by Crippen LogP contribution is -1.75. The van der Waals surface area contributed by atoms with E-state index in [1.807, 2.05) is 0 Å². The van der Waals surface area contributed by atoms with Crippen LogP contribution in [0, 0.1) is 11.3 Å². The standard InChI is InChI=1S/C4H3NO2/c5-1-4(2-6)3-7/h2-3,6H/b4-2+. The van der Waals surface area contributed by atoms with E-state index in [1.54, 1.807) is 0 Å². The van der Waals surface area contributed by atoms with Gasteiger partial charge in [0.05, 0.1) is 0 Å². The van der Waals surface area contributed by atoms with Gasteiger partial charge in [-0.1, -0.05) is 0 Å². The lowest BCUT2D eigenvalue weighted by atomic mass is 10.4. The summed E-state index contributed by atoms with van der Waals surface area (Å²) in [6.07, 6.45) is 0.743. The largest absolute Gasteiger partial charge is 0.514 e. The molecule has 0 saturated carbocycles. The smallest absolute Gasteiger partial charge is 0.163 e. The molecule has 3 heteroatoms. The fraction of sp³-hybridized carbons (Fsp3) is 0. The predicted octanol–water partition coefficient (Wildman–Crippen LogP) is 0.151. The molecular weight excluding hydrogens is 94.0 g/mol. The molecule has 0 heterocycles. The van der Waals surface area contributed by atoms with Crippen LogP contribution in [0.3, 0.4) is 0 Å². The van der Waals surface area contributed by atoms with Crippen LogP contribution in [-0.2, 0) is 4.79 Å². The van der Waals surface area contributed by atoms with Crippen molar-refractivity contribution in [3.05, 3.63) is 11.8 Å². The quantitative estimate of drug-likeness (QED) is 0.219. The van der Waals surface area contributed by atoms with Gasteiger partial charge in [-0.25, -0.2) is 0 Å². The summed E-state index contributed by atoms with van der Waals surface area (Å²) < 4.78 is 0. The number of carbonyl (C=O) groups is 1. The molecule has 1 N–H and O–H groups in total. The Morgan fingerprint density at radius 1 is 1.86 bits per heavy atom. The Hall–Kier alpha value is -1.30. The number of nitrogens with zero attached hydrogens (tertiary/aromatic N) is 1. The summed E-state index contributed by atoms with van der Waals surface area (Å²) in [6, 6.07) is 1.44. The fourth-order valence-corrected chi connectivity index (χ4v) is 0.0856. The lowest BCUT2D eigenvalue weighted by Gasteiger charge is -1.70. The van der Waals surface area contributed by atoms with Crippen molar-refractivity contribution in [1.29, 1.82) is 5.26 Å². The molecule has 36 valence electrons.